The highest BCUT2D eigenvalue weighted by atomic mass is 16.5. The Morgan fingerprint density at radius 2 is 2.22 bits per heavy atom. The maximum atomic E-state index is 5.19. The summed E-state index contributed by atoms with van der Waals surface area (Å²) >= 11 is 0. The van der Waals surface area contributed by atoms with Gasteiger partial charge in [-0.05, 0) is 31.0 Å². The Kier molecular flexibility index (Phi) is 4.20. The van der Waals surface area contributed by atoms with Crippen LogP contribution in [0.25, 0.3) is 11.0 Å². The van der Waals surface area contributed by atoms with Crippen LogP contribution in [0.2, 0.25) is 0 Å². The lowest BCUT2D eigenvalue weighted by atomic mass is 10.1. The van der Waals surface area contributed by atoms with Gasteiger partial charge in [0.15, 0.2) is 0 Å². The second kappa shape index (κ2) is 5.87. The van der Waals surface area contributed by atoms with Crippen LogP contribution >= 0.6 is 0 Å². The molecule has 0 saturated carbocycles. The molecule has 1 aromatic carbocycles. The third-order valence-electron chi connectivity index (χ3n) is 2.93. The molecule has 0 amide bonds. The molecule has 98 valence electrons. The van der Waals surface area contributed by atoms with E-state index in [0.717, 1.165) is 41.6 Å². The maximum Gasteiger partial charge on any atom is 0.121 e. The topological polar surface area (TPSA) is 49.9 Å². The van der Waals surface area contributed by atoms with Gasteiger partial charge in [-0.2, -0.15) is 0 Å². The number of hydrogen-bond acceptors (Lipinski definition) is 3. The van der Waals surface area contributed by atoms with Crippen LogP contribution in [0.3, 0.4) is 0 Å². The normalized spacial score (nSPS) is 11.3. The summed E-state index contributed by atoms with van der Waals surface area (Å²) in [5.41, 5.74) is 2.01. The van der Waals surface area contributed by atoms with E-state index in [1.165, 1.54) is 6.42 Å². The van der Waals surface area contributed by atoms with Crippen LogP contribution < -0.4 is 10.1 Å². The first-order chi connectivity index (χ1) is 8.69. The van der Waals surface area contributed by atoms with Gasteiger partial charge in [-0.1, -0.05) is 13.8 Å². The first-order valence-corrected chi connectivity index (χ1v) is 6.42. The van der Waals surface area contributed by atoms with Gasteiger partial charge in [-0.15, -0.1) is 0 Å². The highest BCUT2D eigenvalue weighted by molar-refractivity contribution is 5.76. The number of ether oxygens (including phenoxy) is 1. The van der Waals surface area contributed by atoms with Gasteiger partial charge in [0.1, 0.15) is 11.6 Å². The summed E-state index contributed by atoms with van der Waals surface area (Å²) in [6, 6.07) is 5.88. The fourth-order valence-corrected chi connectivity index (χ4v) is 1.85. The minimum Gasteiger partial charge on any atom is -0.497 e. The lowest BCUT2D eigenvalue weighted by Gasteiger charge is -2.04. The van der Waals surface area contributed by atoms with Crippen LogP contribution in [0.4, 0.5) is 0 Å². The molecule has 0 radical (unpaired) electrons. The summed E-state index contributed by atoms with van der Waals surface area (Å²) in [5, 5.41) is 3.40. The largest absolute Gasteiger partial charge is 0.497 e. The van der Waals surface area contributed by atoms with Gasteiger partial charge in [0.2, 0.25) is 0 Å². The Labute approximate surface area is 108 Å². The van der Waals surface area contributed by atoms with Gasteiger partial charge in [0, 0.05) is 6.07 Å². The molecule has 4 heteroatoms. The van der Waals surface area contributed by atoms with Crippen LogP contribution in [-0.4, -0.2) is 23.6 Å². The Bertz CT molecular complexity index is 505. The molecule has 18 heavy (non-hydrogen) atoms. The molecule has 1 heterocycles. The number of rotatable bonds is 6. The number of imidazole rings is 1. The van der Waals surface area contributed by atoms with Gasteiger partial charge in [-0.3, -0.25) is 0 Å². The average molecular weight is 247 g/mol. The zero-order valence-electron chi connectivity index (χ0n) is 11.3. The molecule has 0 saturated heterocycles. The number of fused-ring (bicyclic) bond motifs is 1. The second-order valence-corrected chi connectivity index (χ2v) is 4.93. The monoisotopic (exact) mass is 247 g/mol. The molecule has 2 rings (SSSR count). The van der Waals surface area contributed by atoms with E-state index in [1.807, 2.05) is 18.2 Å². The number of methoxy groups -OCH3 is 1. The SMILES string of the molecule is COc1ccc2nc(CNCCC(C)C)[nH]c2c1. The quantitative estimate of drug-likeness (QED) is 0.772. The molecule has 0 spiro atoms. The van der Waals surface area contributed by atoms with Crippen molar-refractivity contribution < 1.29 is 4.74 Å². The molecule has 0 aliphatic rings. The number of nitrogens with one attached hydrogen (secondary N) is 2. The zero-order chi connectivity index (χ0) is 13.0. The maximum absolute atomic E-state index is 5.19. The first-order valence-electron chi connectivity index (χ1n) is 6.42. The van der Waals surface area contributed by atoms with E-state index in [4.69, 9.17) is 4.74 Å². The van der Waals surface area contributed by atoms with Gasteiger partial charge >= 0.3 is 0 Å². The molecule has 0 bridgehead atoms. The molecule has 2 aromatic rings. The number of aromatic amines is 1. The molecule has 0 atom stereocenters. The van der Waals surface area contributed by atoms with Crippen molar-refractivity contribution in [1.82, 2.24) is 15.3 Å². The third-order valence-corrected chi connectivity index (χ3v) is 2.93. The number of aromatic nitrogens is 2. The fraction of sp³-hybridized carbons (Fsp3) is 0.500. The van der Waals surface area contributed by atoms with Gasteiger partial charge < -0.3 is 15.0 Å². The summed E-state index contributed by atoms with van der Waals surface area (Å²) < 4.78 is 5.19. The lowest BCUT2D eigenvalue weighted by molar-refractivity contribution is 0.415. The van der Waals surface area contributed by atoms with Crippen LogP contribution in [0.5, 0.6) is 5.75 Å². The average Bonchev–Trinajstić information content (AvgIpc) is 2.75. The van der Waals surface area contributed by atoms with Crippen LogP contribution in [-0.2, 0) is 6.54 Å². The van der Waals surface area contributed by atoms with Gasteiger partial charge in [0.25, 0.3) is 0 Å². The highest BCUT2D eigenvalue weighted by Crippen LogP contribution is 2.18. The minimum atomic E-state index is 0.734. The van der Waals surface area contributed by atoms with E-state index in [9.17, 15) is 0 Å². The molecular formula is C14H21N3O. The van der Waals surface area contributed by atoms with Crippen molar-refractivity contribution in [2.75, 3.05) is 13.7 Å². The Morgan fingerprint density at radius 3 is 2.94 bits per heavy atom. The number of hydrogen-bond donors (Lipinski definition) is 2. The standard InChI is InChI=1S/C14H21N3O/c1-10(2)6-7-15-9-14-16-12-5-4-11(18-3)8-13(12)17-14/h4-5,8,10,15H,6-7,9H2,1-3H3,(H,16,17). The van der Waals surface area contributed by atoms with Gasteiger partial charge in [-0.25, -0.2) is 4.98 Å². The molecule has 0 aliphatic heterocycles. The predicted molar refractivity (Wildman–Crippen MR) is 73.8 cm³/mol. The van der Waals surface area contributed by atoms with Crippen LogP contribution in [0.15, 0.2) is 18.2 Å². The van der Waals surface area contributed by atoms with Crippen LogP contribution in [0, 0.1) is 5.92 Å². The molecule has 2 N–H and O–H groups in total. The van der Waals surface area contributed by atoms with Crippen LogP contribution in [0.1, 0.15) is 26.1 Å². The summed E-state index contributed by atoms with van der Waals surface area (Å²) in [4.78, 5) is 7.84. The first kappa shape index (κ1) is 12.9. The molecule has 0 unspecified atom stereocenters. The Hall–Kier alpha value is -1.55. The number of nitrogens with zero attached hydrogens (tertiary/aromatic N) is 1. The molecule has 1 aromatic heterocycles. The fourth-order valence-electron chi connectivity index (χ4n) is 1.85. The van der Waals surface area contributed by atoms with Gasteiger partial charge in [0.05, 0.1) is 24.7 Å². The van der Waals surface area contributed by atoms with E-state index in [-0.39, 0.29) is 0 Å². The van der Waals surface area contributed by atoms with Crippen molar-refractivity contribution in [2.45, 2.75) is 26.8 Å². The lowest BCUT2D eigenvalue weighted by Crippen LogP contribution is -2.17. The van der Waals surface area contributed by atoms with Crippen molar-refractivity contribution in [3.63, 3.8) is 0 Å². The summed E-state index contributed by atoms with van der Waals surface area (Å²) in [6.07, 6.45) is 1.19. The Balaban J connectivity index is 1.97. The Morgan fingerprint density at radius 1 is 1.39 bits per heavy atom. The molecule has 4 nitrogen and oxygen atoms in total. The molecule has 0 aliphatic carbocycles. The predicted octanol–water partition coefficient (Wildman–Crippen LogP) is 2.71. The molecule has 0 fully saturated rings. The number of H-pyrrole nitrogens is 1. The van der Waals surface area contributed by atoms with E-state index in [0.29, 0.717) is 0 Å². The third kappa shape index (κ3) is 3.23. The summed E-state index contributed by atoms with van der Waals surface area (Å²) in [7, 11) is 1.67. The summed E-state index contributed by atoms with van der Waals surface area (Å²) in [5.74, 6) is 2.56. The second-order valence-electron chi connectivity index (χ2n) is 4.93. The van der Waals surface area contributed by atoms with Crippen molar-refractivity contribution in [3.05, 3.63) is 24.0 Å². The zero-order valence-corrected chi connectivity index (χ0v) is 11.3. The van der Waals surface area contributed by atoms with E-state index < -0.39 is 0 Å². The highest BCUT2D eigenvalue weighted by Gasteiger charge is 2.03. The molecular weight excluding hydrogens is 226 g/mol. The van der Waals surface area contributed by atoms with Crippen molar-refractivity contribution in [2.24, 2.45) is 5.92 Å². The van der Waals surface area contributed by atoms with Crippen molar-refractivity contribution in [1.29, 1.82) is 0 Å². The smallest absolute Gasteiger partial charge is 0.121 e. The minimum absolute atomic E-state index is 0.734. The van der Waals surface area contributed by atoms with Crippen molar-refractivity contribution >= 4 is 11.0 Å². The van der Waals surface area contributed by atoms with Crippen molar-refractivity contribution in [3.8, 4) is 5.75 Å². The number of benzene rings is 1. The van der Waals surface area contributed by atoms with E-state index in [1.54, 1.807) is 7.11 Å². The van der Waals surface area contributed by atoms with E-state index >= 15 is 0 Å². The summed E-state index contributed by atoms with van der Waals surface area (Å²) in [6.45, 7) is 6.27. The van der Waals surface area contributed by atoms with E-state index in [2.05, 4.69) is 29.1 Å².